The van der Waals surface area contributed by atoms with Crippen molar-refractivity contribution in [1.29, 1.82) is 0 Å². The second-order valence-electron chi connectivity index (χ2n) is 14.1. The van der Waals surface area contributed by atoms with Crippen molar-refractivity contribution < 1.29 is 53.4 Å². The van der Waals surface area contributed by atoms with Gasteiger partial charge in [-0.05, 0) is 59.4 Å². The van der Waals surface area contributed by atoms with Gasteiger partial charge >= 0.3 is 11.7 Å². The van der Waals surface area contributed by atoms with Gasteiger partial charge < -0.3 is 46.1 Å². The first-order valence-corrected chi connectivity index (χ1v) is 18.3. The molecule has 0 saturated carbocycles. The summed E-state index contributed by atoms with van der Waals surface area (Å²) in [5.41, 5.74) is 5.92. The number of carboxylic acids is 1. The molecule has 0 saturated heterocycles. The van der Waals surface area contributed by atoms with Crippen LogP contribution in [0, 0.1) is 26.1 Å². The second-order valence-corrected chi connectivity index (χ2v) is 14.1. The molecule has 19 heteroatoms. The molecular weight excluding hydrogens is 772 g/mol. The molecule has 2 aliphatic heterocycles. The first kappa shape index (κ1) is 43.0. The number of rotatable bonds is 13. The van der Waals surface area contributed by atoms with Crippen molar-refractivity contribution >= 4 is 35.1 Å². The summed E-state index contributed by atoms with van der Waals surface area (Å²) in [6.45, 7) is 3.71. The number of amides is 3. The molecule has 59 heavy (non-hydrogen) atoms. The molecule has 3 amide bonds. The van der Waals surface area contributed by atoms with Crippen LogP contribution in [-0.4, -0.2) is 75.1 Å². The van der Waals surface area contributed by atoms with Gasteiger partial charge in [0.15, 0.2) is 17.6 Å². The zero-order valence-electron chi connectivity index (χ0n) is 32.0. The lowest BCUT2D eigenvalue weighted by Gasteiger charge is -2.28. The Morgan fingerprint density at radius 2 is 1.64 bits per heavy atom. The molecule has 0 spiro atoms. The first-order valence-electron chi connectivity index (χ1n) is 18.3. The quantitative estimate of drug-likeness (QED) is 0.0826. The number of ether oxygens (including phenoxy) is 3. The number of nitro groups is 2. The van der Waals surface area contributed by atoms with Crippen LogP contribution in [0.2, 0.25) is 0 Å². The maximum absolute atomic E-state index is 14.3. The molecule has 0 aromatic heterocycles. The molecule has 0 aliphatic carbocycles. The molecule has 19 nitrogen and oxygen atoms in total. The lowest BCUT2D eigenvalue weighted by atomic mass is 9.97. The summed E-state index contributed by atoms with van der Waals surface area (Å²) in [6.07, 6.45) is -2.52. The summed E-state index contributed by atoms with van der Waals surface area (Å²) in [6, 6.07) is 13.8. The van der Waals surface area contributed by atoms with Gasteiger partial charge in [-0.15, -0.1) is 0 Å². The summed E-state index contributed by atoms with van der Waals surface area (Å²) in [4.78, 5) is 76.5. The number of aliphatic carboxylic acids is 1. The van der Waals surface area contributed by atoms with Crippen molar-refractivity contribution in [3.05, 3.63) is 122 Å². The molecule has 2 aliphatic rings. The Balaban J connectivity index is 1.71. The van der Waals surface area contributed by atoms with Crippen LogP contribution in [0.15, 0.2) is 84.9 Å². The third-order valence-electron chi connectivity index (χ3n) is 9.24. The fourth-order valence-corrected chi connectivity index (χ4v) is 6.34. The number of hydrogen-bond acceptors (Lipinski definition) is 13. The topological polar surface area (TPSA) is 285 Å². The number of carbonyl (C=O) groups excluding carboxylic acids is 3. The molecule has 0 radical (unpaired) electrons. The van der Waals surface area contributed by atoms with E-state index < -0.39 is 69.5 Å². The number of non-ortho nitro benzene ring substituents is 1. The Morgan fingerprint density at radius 3 is 2.25 bits per heavy atom. The van der Waals surface area contributed by atoms with E-state index in [1.165, 1.54) is 43.5 Å². The fraction of sp³-hybridized carbons (Fsp3) is 0.300. The van der Waals surface area contributed by atoms with E-state index in [1.54, 1.807) is 30.3 Å². The fourth-order valence-electron chi connectivity index (χ4n) is 6.34. The van der Waals surface area contributed by atoms with Gasteiger partial charge in [0.05, 0.1) is 29.0 Å². The van der Waals surface area contributed by atoms with Crippen LogP contribution in [0.3, 0.4) is 0 Å². The number of nitro benzene ring substituents is 2. The van der Waals surface area contributed by atoms with Crippen molar-refractivity contribution in [2.45, 2.75) is 63.4 Å². The zero-order chi connectivity index (χ0) is 43.0. The molecular formula is C40H42N6O13. The highest BCUT2D eigenvalue weighted by Crippen LogP contribution is 2.46. The summed E-state index contributed by atoms with van der Waals surface area (Å²) < 4.78 is 17.7. The normalized spacial score (nSPS) is 17.8. The summed E-state index contributed by atoms with van der Waals surface area (Å²) in [5, 5.41) is 52.7. The Labute approximate surface area is 336 Å². The maximum Gasteiger partial charge on any atom is 0.335 e. The van der Waals surface area contributed by atoms with Gasteiger partial charge in [0.25, 0.3) is 5.69 Å². The number of nitrogens with zero attached hydrogens (tertiary/aromatic N) is 2. The average molecular weight is 815 g/mol. The zero-order valence-corrected chi connectivity index (χ0v) is 32.0. The van der Waals surface area contributed by atoms with Gasteiger partial charge in [-0.2, -0.15) is 0 Å². The average Bonchev–Trinajstić information content (AvgIpc) is 3.19. The van der Waals surface area contributed by atoms with Gasteiger partial charge in [0.2, 0.25) is 29.2 Å². The SMILES string of the molecule is COc1c(Oc2ccc([N+](=O)[O-])cc2)cc2cc1Oc1ccc(cc1[N+](=O)[O-])C[C@@H](NC(=O)[C@H](N)CC(C)C)C(=O)N[C@@H](Cc1ccccc1)C(=O)N[C@H]2[C@@H](O)C(=O)O. The molecule has 4 bridgehead atoms. The molecule has 7 N–H and O–H groups in total. The minimum atomic E-state index is -2.34. The van der Waals surface area contributed by atoms with Crippen LogP contribution < -0.4 is 35.9 Å². The van der Waals surface area contributed by atoms with Gasteiger partial charge in [0.1, 0.15) is 17.8 Å². The molecule has 310 valence electrons. The summed E-state index contributed by atoms with van der Waals surface area (Å²) in [7, 11) is 1.22. The number of aliphatic hydroxyl groups is 1. The Hall–Kier alpha value is -7.12. The largest absolute Gasteiger partial charge is 0.490 e. The van der Waals surface area contributed by atoms with Crippen LogP contribution in [0.1, 0.15) is 43.0 Å². The standard InChI is InChI=1S/C40H42N6O13/c1-21(2)15-27(41)37(48)42-29-17-23-9-14-31(30(18-23)46(55)56)59-33-20-24(19-32(36(33)57-3)58-26-12-10-25(11-13-26)45(53)54)34(35(47)40(51)52)44-39(50)28(43-38(29)49)16-22-7-5-4-6-8-22/h4-14,18-21,27-29,34-35,47H,15-17,41H2,1-3H3,(H,42,48)(H,43,49)(H,44,50)(H,51,52)/t27-,28+,29-,34-,35-/m1/s1. The third-order valence-corrected chi connectivity index (χ3v) is 9.24. The predicted molar refractivity (Wildman–Crippen MR) is 209 cm³/mol. The van der Waals surface area contributed by atoms with E-state index in [0.717, 1.165) is 18.2 Å². The highest BCUT2D eigenvalue weighted by atomic mass is 16.6. The van der Waals surface area contributed by atoms with E-state index in [4.69, 9.17) is 19.9 Å². The van der Waals surface area contributed by atoms with Crippen molar-refractivity contribution in [3.63, 3.8) is 0 Å². The van der Waals surface area contributed by atoms with E-state index in [-0.39, 0.29) is 70.7 Å². The summed E-state index contributed by atoms with van der Waals surface area (Å²) >= 11 is 0. The highest BCUT2D eigenvalue weighted by Gasteiger charge is 2.36. The Morgan fingerprint density at radius 1 is 0.949 bits per heavy atom. The second kappa shape index (κ2) is 18.9. The number of hydrogen-bond donors (Lipinski definition) is 6. The minimum Gasteiger partial charge on any atom is -0.490 e. The molecule has 6 rings (SSSR count). The molecule has 4 aromatic carbocycles. The van der Waals surface area contributed by atoms with Crippen molar-refractivity contribution in [1.82, 2.24) is 16.0 Å². The number of fused-ring (bicyclic) bond motifs is 9. The lowest BCUT2D eigenvalue weighted by Crippen LogP contribution is -2.57. The molecule has 0 fully saturated rings. The van der Waals surface area contributed by atoms with Gasteiger partial charge in [-0.25, -0.2) is 4.79 Å². The third kappa shape index (κ3) is 10.8. The van der Waals surface area contributed by atoms with Crippen molar-refractivity contribution in [2.24, 2.45) is 11.7 Å². The predicted octanol–water partition coefficient (Wildman–Crippen LogP) is 3.84. The highest BCUT2D eigenvalue weighted by molar-refractivity contribution is 5.93. The van der Waals surface area contributed by atoms with Crippen LogP contribution in [0.5, 0.6) is 28.7 Å². The molecule has 5 atom stereocenters. The number of nitrogens with two attached hydrogens (primary N) is 1. The summed E-state index contributed by atoms with van der Waals surface area (Å²) in [5.74, 6) is -5.26. The number of nitrogens with one attached hydrogen (secondary N) is 3. The van der Waals surface area contributed by atoms with Crippen LogP contribution in [-0.2, 0) is 32.0 Å². The lowest BCUT2D eigenvalue weighted by molar-refractivity contribution is -0.385. The monoisotopic (exact) mass is 814 g/mol. The molecule has 2 heterocycles. The minimum absolute atomic E-state index is 0.0213. The van der Waals surface area contributed by atoms with E-state index >= 15 is 0 Å². The van der Waals surface area contributed by atoms with E-state index in [1.807, 2.05) is 13.8 Å². The van der Waals surface area contributed by atoms with Crippen LogP contribution >= 0.6 is 0 Å². The number of benzene rings is 4. The van der Waals surface area contributed by atoms with Crippen LogP contribution in [0.25, 0.3) is 0 Å². The maximum atomic E-state index is 14.3. The van der Waals surface area contributed by atoms with Crippen molar-refractivity contribution in [2.75, 3.05) is 7.11 Å². The molecule has 4 aromatic rings. The van der Waals surface area contributed by atoms with Crippen LogP contribution in [0.4, 0.5) is 11.4 Å². The van der Waals surface area contributed by atoms with Gasteiger partial charge in [-0.1, -0.05) is 50.2 Å². The van der Waals surface area contributed by atoms with E-state index in [9.17, 15) is 49.6 Å². The molecule has 0 unspecified atom stereocenters. The Bertz CT molecular complexity index is 2220. The number of carboxylic acid groups (broad SMARTS) is 1. The van der Waals surface area contributed by atoms with E-state index in [0.29, 0.717) is 5.56 Å². The van der Waals surface area contributed by atoms with E-state index in [2.05, 4.69) is 16.0 Å². The number of aliphatic hydroxyl groups excluding tert-OH is 1. The van der Waals surface area contributed by atoms with Crippen molar-refractivity contribution in [3.8, 4) is 28.7 Å². The van der Waals surface area contributed by atoms with Gasteiger partial charge in [-0.3, -0.25) is 34.6 Å². The smallest absolute Gasteiger partial charge is 0.335 e. The Kier molecular flexibility index (Phi) is 13.8. The van der Waals surface area contributed by atoms with Gasteiger partial charge in [0, 0.05) is 31.0 Å². The number of methoxy groups -OCH3 is 1. The number of carbonyl (C=O) groups is 4. The first-order chi connectivity index (χ1) is 28.0.